The summed E-state index contributed by atoms with van der Waals surface area (Å²) in [7, 11) is 0. The number of benzene rings is 1. The topological polar surface area (TPSA) is 49.4 Å². The Bertz CT molecular complexity index is 502. The van der Waals surface area contributed by atoms with Gasteiger partial charge in [-0.2, -0.15) is 0 Å². The Labute approximate surface area is 105 Å². The van der Waals surface area contributed by atoms with Gasteiger partial charge in [0.05, 0.1) is 6.54 Å². The summed E-state index contributed by atoms with van der Waals surface area (Å²) >= 11 is 0. The SMILES string of the molecule is CCC1C(=O)NCC(=O)N1c1ccc(F)c(C)c1. The zero-order valence-corrected chi connectivity index (χ0v) is 10.4. The van der Waals surface area contributed by atoms with Gasteiger partial charge in [-0.05, 0) is 37.1 Å². The Balaban J connectivity index is 2.41. The van der Waals surface area contributed by atoms with Crippen LogP contribution in [-0.4, -0.2) is 24.4 Å². The third-order valence-corrected chi connectivity index (χ3v) is 3.10. The van der Waals surface area contributed by atoms with E-state index >= 15 is 0 Å². The summed E-state index contributed by atoms with van der Waals surface area (Å²) in [5.74, 6) is -0.660. The molecule has 1 aromatic rings. The van der Waals surface area contributed by atoms with E-state index in [9.17, 15) is 14.0 Å². The highest BCUT2D eigenvalue weighted by molar-refractivity contribution is 6.06. The lowest BCUT2D eigenvalue weighted by molar-refractivity contribution is -0.131. The molecule has 4 nitrogen and oxygen atoms in total. The first-order valence-electron chi connectivity index (χ1n) is 5.90. The van der Waals surface area contributed by atoms with Crippen molar-refractivity contribution in [1.29, 1.82) is 0 Å². The molecule has 1 heterocycles. The number of aryl methyl sites for hydroxylation is 1. The van der Waals surface area contributed by atoms with Crippen LogP contribution in [-0.2, 0) is 9.59 Å². The second kappa shape index (κ2) is 4.76. The van der Waals surface area contributed by atoms with Gasteiger partial charge < -0.3 is 5.32 Å². The minimum Gasteiger partial charge on any atom is -0.345 e. The zero-order valence-electron chi connectivity index (χ0n) is 10.4. The number of nitrogens with zero attached hydrogens (tertiary/aromatic N) is 1. The molecule has 0 bridgehead atoms. The number of piperazine rings is 1. The minimum atomic E-state index is -0.517. The number of carbonyl (C=O) groups excluding carboxylic acids is 2. The van der Waals surface area contributed by atoms with Crippen molar-refractivity contribution in [3.8, 4) is 0 Å². The van der Waals surface area contributed by atoms with Crippen molar-refractivity contribution in [2.24, 2.45) is 0 Å². The van der Waals surface area contributed by atoms with Crippen LogP contribution in [0.15, 0.2) is 18.2 Å². The van der Waals surface area contributed by atoms with Crippen molar-refractivity contribution in [2.45, 2.75) is 26.3 Å². The van der Waals surface area contributed by atoms with Crippen molar-refractivity contribution in [3.05, 3.63) is 29.6 Å². The molecule has 1 unspecified atom stereocenters. The second-order valence-electron chi connectivity index (χ2n) is 4.34. The summed E-state index contributed by atoms with van der Waals surface area (Å²) in [6.45, 7) is 3.46. The quantitative estimate of drug-likeness (QED) is 0.862. The van der Waals surface area contributed by atoms with Crippen LogP contribution in [0.25, 0.3) is 0 Å². The molecule has 1 saturated heterocycles. The van der Waals surface area contributed by atoms with Crippen LogP contribution in [0.1, 0.15) is 18.9 Å². The van der Waals surface area contributed by atoms with Gasteiger partial charge in [0, 0.05) is 5.69 Å². The van der Waals surface area contributed by atoms with E-state index in [1.54, 1.807) is 13.0 Å². The first-order chi connectivity index (χ1) is 8.54. The predicted octanol–water partition coefficient (Wildman–Crippen LogP) is 1.38. The van der Waals surface area contributed by atoms with E-state index in [1.165, 1.54) is 17.0 Å². The van der Waals surface area contributed by atoms with Crippen molar-refractivity contribution >= 4 is 17.5 Å². The van der Waals surface area contributed by atoms with Gasteiger partial charge in [-0.25, -0.2) is 4.39 Å². The minimum absolute atomic E-state index is 0.00818. The lowest BCUT2D eigenvalue weighted by atomic mass is 10.1. The Kier molecular flexibility index (Phi) is 3.32. The summed E-state index contributed by atoms with van der Waals surface area (Å²) in [5, 5.41) is 2.55. The van der Waals surface area contributed by atoms with Crippen LogP contribution in [0.4, 0.5) is 10.1 Å². The van der Waals surface area contributed by atoms with Crippen LogP contribution < -0.4 is 10.2 Å². The Morgan fingerprint density at radius 2 is 2.17 bits per heavy atom. The van der Waals surface area contributed by atoms with E-state index in [1.807, 2.05) is 6.92 Å². The number of rotatable bonds is 2. The average Bonchev–Trinajstić information content (AvgIpc) is 2.35. The van der Waals surface area contributed by atoms with Crippen LogP contribution >= 0.6 is 0 Å². The van der Waals surface area contributed by atoms with Gasteiger partial charge >= 0.3 is 0 Å². The molecule has 96 valence electrons. The Hall–Kier alpha value is -1.91. The van der Waals surface area contributed by atoms with Gasteiger partial charge in [-0.3, -0.25) is 14.5 Å². The largest absolute Gasteiger partial charge is 0.345 e. The standard InChI is InChI=1S/C13H15FN2O2/c1-3-11-13(18)15-7-12(17)16(11)9-4-5-10(14)8(2)6-9/h4-6,11H,3,7H2,1-2H3,(H,15,18). The highest BCUT2D eigenvalue weighted by Gasteiger charge is 2.34. The fourth-order valence-corrected chi connectivity index (χ4v) is 2.13. The Morgan fingerprint density at radius 3 is 2.78 bits per heavy atom. The van der Waals surface area contributed by atoms with Crippen LogP contribution in [0.3, 0.4) is 0 Å². The summed E-state index contributed by atoms with van der Waals surface area (Å²) in [4.78, 5) is 25.1. The molecule has 0 aliphatic carbocycles. The third kappa shape index (κ3) is 2.08. The van der Waals surface area contributed by atoms with Gasteiger partial charge in [-0.15, -0.1) is 0 Å². The molecule has 18 heavy (non-hydrogen) atoms. The van der Waals surface area contributed by atoms with Crippen molar-refractivity contribution in [2.75, 3.05) is 11.4 Å². The number of hydrogen-bond acceptors (Lipinski definition) is 2. The van der Waals surface area contributed by atoms with E-state index in [-0.39, 0.29) is 24.2 Å². The average molecular weight is 250 g/mol. The molecule has 1 aromatic carbocycles. The molecule has 2 rings (SSSR count). The number of nitrogens with one attached hydrogen (secondary N) is 1. The van der Waals surface area contributed by atoms with Crippen LogP contribution in [0, 0.1) is 12.7 Å². The van der Waals surface area contributed by atoms with E-state index < -0.39 is 6.04 Å². The smallest absolute Gasteiger partial charge is 0.247 e. The van der Waals surface area contributed by atoms with Gasteiger partial charge in [-0.1, -0.05) is 6.92 Å². The molecule has 1 atom stereocenters. The molecule has 0 saturated carbocycles. The maximum atomic E-state index is 13.2. The van der Waals surface area contributed by atoms with Crippen LogP contribution in [0.5, 0.6) is 0 Å². The molecule has 2 amide bonds. The third-order valence-electron chi connectivity index (χ3n) is 3.10. The molecule has 0 spiro atoms. The number of amides is 2. The lowest BCUT2D eigenvalue weighted by Gasteiger charge is -2.34. The van der Waals surface area contributed by atoms with Crippen molar-refractivity contribution in [3.63, 3.8) is 0 Å². The molecule has 5 heteroatoms. The fourth-order valence-electron chi connectivity index (χ4n) is 2.13. The highest BCUT2D eigenvalue weighted by Crippen LogP contribution is 2.23. The van der Waals surface area contributed by atoms with Crippen molar-refractivity contribution < 1.29 is 14.0 Å². The molecular formula is C13H15FN2O2. The second-order valence-corrected chi connectivity index (χ2v) is 4.34. The highest BCUT2D eigenvalue weighted by atomic mass is 19.1. The Morgan fingerprint density at radius 1 is 1.44 bits per heavy atom. The normalized spacial score (nSPS) is 19.9. The van der Waals surface area contributed by atoms with E-state index in [0.717, 1.165) is 0 Å². The summed E-state index contributed by atoms with van der Waals surface area (Å²) < 4.78 is 13.2. The molecule has 0 radical (unpaired) electrons. The van der Waals surface area contributed by atoms with Gasteiger partial charge in [0.25, 0.3) is 0 Å². The molecular weight excluding hydrogens is 235 g/mol. The zero-order chi connectivity index (χ0) is 13.3. The first kappa shape index (κ1) is 12.5. The number of anilines is 1. The first-order valence-corrected chi connectivity index (χ1v) is 5.90. The maximum absolute atomic E-state index is 13.2. The maximum Gasteiger partial charge on any atom is 0.247 e. The molecule has 1 fully saturated rings. The van der Waals surface area contributed by atoms with Gasteiger partial charge in [0.1, 0.15) is 11.9 Å². The monoisotopic (exact) mass is 250 g/mol. The summed E-state index contributed by atoms with van der Waals surface area (Å²) in [6.07, 6.45) is 0.522. The summed E-state index contributed by atoms with van der Waals surface area (Å²) in [6, 6.07) is 3.92. The van der Waals surface area contributed by atoms with Crippen molar-refractivity contribution in [1.82, 2.24) is 5.32 Å². The van der Waals surface area contributed by atoms with E-state index in [4.69, 9.17) is 0 Å². The molecule has 0 aromatic heterocycles. The number of halogens is 1. The van der Waals surface area contributed by atoms with Gasteiger partial charge in [0.15, 0.2) is 0 Å². The predicted molar refractivity (Wildman–Crippen MR) is 65.7 cm³/mol. The summed E-state index contributed by atoms with van der Waals surface area (Å²) in [5.41, 5.74) is 1.03. The number of hydrogen-bond donors (Lipinski definition) is 1. The fraction of sp³-hybridized carbons (Fsp3) is 0.385. The molecule has 1 aliphatic rings. The van der Waals surface area contributed by atoms with Gasteiger partial charge in [0.2, 0.25) is 11.8 Å². The van der Waals surface area contributed by atoms with Crippen LogP contribution in [0.2, 0.25) is 0 Å². The van der Waals surface area contributed by atoms with E-state index in [0.29, 0.717) is 17.7 Å². The molecule has 1 aliphatic heterocycles. The molecule has 1 N–H and O–H groups in total. The lowest BCUT2D eigenvalue weighted by Crippen LogP contribution is -2.58. The number of carbonyl (C=O) groups is 2. The van der Waals surface area contributed by atoms with E-state index in [2.05, 4.69) is 5.32 Å².